The molecule has 14 heteroatoms. The van der Waals surface area contributed by atoms with E-state index in [9.17, 15) is 22.3 Å². The molecule has 34 heavy (non-hydrogen) atoms. The molecular formula is C20H21FN3O7PS2. The second kappa shape index (κ2) is 10.9. The fraction of sp³-hybridized carbons (Fsp3) is 0.200. The van der Waals surface area contributed by atoms with E-state index in [0.717, 1.165) is 35.7 Å². The zero-order valence-electron chi connectivity index (χ0n) is 18.3. The highest BCUT2D eigenvalue weighted by atomic mass is 32.2. The van der Waals surface area contributed by atoms with E-state index >= 15 is 0 Å². The largest absolute Gasteiger partial charge is 0.769 e. The third kappa shape index (κ3) is 6.11. The van der Waals surface area contributed by atoms with Crippen LogP contribution in [0.5, 0.6) is 17.2 Å². The summed E-state index contributed by atoms with van der Waals surface area (Å²) in [6.45, 7) is 0. The van der Waals surface area contributed by atoms with Crippen molar-refractivity contribution in [1.29, 1.82) is 5.26 Å². The molecule has 182 valence electrons. The molecule has 1 heterocycles. The first-order chi connectivity index (χ1) is 15.6. The van der Waals surface area contributed by atoms with Crippen molar-refractivity contribution in [2.45, 2.75) is 4.21 Å². The Morgan fingerprint density at radius 3 is 2.59 bits per heavy atom. The lowest BCUT2D eigenvalue weighted by molar-refractivity contribution is -0.190. The zero-order valence-corrected chi connectivity index (χ0v) is 20.9. The number of para-hydroxylation sites is 1. The molecule has 2 aromatic carbocycles. The summed E-state index contributed by atoms with van der Waals surface area (Å²) in [7, 11) is -5.78. The van der Waals surface area contributed by atoms with E-state index < -0.39 is 35.2 Å². The zero-order chi connectivity index (χ0) is 24.2. The molecule has 0 radical (unpaired) electrons. The SMILES string of the molecule is COc1cccc(-c2ncc(S(=O)(=O)CCP(=O)([O-])Oc3ccc(C#N)c(F)c3)s2)c1OC.[NH4+]. The van der Waals surface area contributed by atoms with Crippen LogP contribution in [-0.4, -0.2) is 39.5 Å². The van der Waals surface area contributed by atoms with Gasteiger partial charge in [0.15, 0.2) is 28.9 Å². The number of hydrogen-bond donors (Lipinski definition) is 1. The molecule has 0 spiro atoms. The van der Waals surface area contributed by atoms with E-state index in [1.165, 1.54) is 14.2 Å². The number of thiazole rings is 1. The van der Waals surface area contributed by atoms with Gasteiger partial charge in [0.05, 0.1) is 37.3 Å². The molecule has 3 rings (SSSR count). The monoisotopic (exact) mass is 529 g/mol. The third-order valence-corrected chi connectivity index (χ3v) is 9.22. The predicted molar refractivity (Wildman–Crippen MR) is 123 cm³/mol. The number of methoxy groups -OCH3 is 2. The van der Waals surface area contributed by atoms with Crippen molar-refractivity contribution in [1.82, 2.24) is 11.1 Å². The Balaban J connectivity index is 0.00000408. The summed E-state index contributed by atoms with van der Waals surface area (Å²) < 4.78 is 66.5. The lowest BCUT2D eigenvalue weighted by Crippen LogP contribution is -2.18. The van der Waals surface area contributed by atoms with Gasteiger partial charge in [-0.1, -0.05) is 6.07 Å². The van der Waals surface area contributed by atoms with Crippen molar-refractivity contribution in [3.63, 3.8) is 0 Å². The maximum atomic E-state index is 13.7. The van der Waals surface area contributed by atoms with E-state index in [4.69, 9.17) is 19.3 Å². The number of aromatic nitrogens is 1. The summed E-state index contributed by atoms with van der Waals surface area (Å²) in [5.74, 6) is -1.24. The number of nitriles is 1. The highest BCUT2D eigenvalue weighted by molar-refractivity contribution is 7.93. The van der Waals surface area contributed by atoms with Gasteiger partial charge in [-0.25, -0.2) is 17.8 Å². The maximum absolute atomic E-state index is 13.7. The van der Waals surface area contributed by atoms with Crippen LogP contribution in [0, 0.1) is 17.1 Å². The predicted octanol–water partition coefficient (Wildman–Crippen LogP) is 3.62. The van der Waals surface area contributed by atoms with E-state index in [0.29, 0.717) is 22.1 Å². The number of halogens is 1. The normalized spacial score (nSPS) is 12.7. The number of sulfone groups is 1. The van der Waals surface area contributed by atoms with Gasteiger partial charge in [0.25, 0.3) is 0 Å². The number of benzene rings is 2. The molecule has 0 aliphatic heterocycles. The van der Waals surface area contributed by atoms with Crippen LogP contribution in [0.3, 0.4) is 0 Å². The minimum atomic E-state index is -4.68. The van der Waals surface area contributed by atoms with E-state index in [1.807, 2.05) is 0 Å². The van der Waals surface area contributed by atoms with Crippen molar-refractivity contribution in [3.8, 4) is 33.9 Å². The Morgan fingerprint density at radius 1 is 1.24 bits per heavy atom. The number of hydrogen-bond acceptors (Lipinski definition) is 10. The van der Waals surface area contributed by atoms with E-state index in [-0.39, 0.29) is 21.7 Å². The first kappa shape index (κ1) is 27.2. The number of quaternary nitrogens is 1. The van der Waals surface area contributed by atoms with Crippen LogP contribution >= 0.6 is 18.9 Å². The van der Waals surface area contributed by atoms with Crippen molar-refractivity contribution in [2.24, 2.45) is 0 Å². The standard InChI is InChI=1S/C20H18FN2O7PS2.H3N/c1-28-17-5-3-4-15(19(17)29-2)20-23-12-18(32-20)33(26,27)9-8-31(24,25)30-14-7-6-13(11-22)16(21)10-14;/h3-7,10,12H,8-9H2,1-2H3,(H,24,25);1H3. The summed E-state index contributed by atoms with van der Waals surface area (Å²) in [6.07, 6.45) is 0.299. The van der Waals surface area contributed by atoms with Gasteiger partial charge in [0, 0.05) is 12.2 Å². The van der Waals surface area contributed by atoms with Crippen LogP contribution in [0.15, 0.2) is 46.8 Å². The molecule has 1 unspecified atom stereocenters. The van der Waals surface area contributed by atoms with Crippen LogP contribution < -0.4 is 25.0 Å². The molecule has 0 aliphatic carbocycles. The summed E-state index contributed by atoms with van der Waals surface area (Å²) in [6, 6.07) is 9.58. The molecule has 1 atom stereocenters. The quantitative estimate of drug-likeness (QED) is 0.406. The van der Waals surface area contributed by atoms with Gasteiger partial charge in [-0.05, 0) is 24.3 Å². The number of ether oxygens (including phenoxy) is 2. The van der Waals surface area contributed by atoms with Gasteiger partial charge in [0.1, 0.15) is 26.9 Å². The molecule has 0 aliphatic rings. The van der Waals surface area contributed by atoms with Gasteiger partial charge in [0.2, 0.25) is 0 Å². The summed E-state index contributed by atoms with van der Waals surface area (Å²) in [5.41, 5.74) is 0.239. The van der Waals surface area contributed by atoms with Gasteiger partial charge in [-0.2, -0.15) is 5.26 Å². The van der Waals surface area contributed by atoms with E-state index in [2.05, 4.69) is 4.98 Å². The van der Waals surface area contributed by atoms with Crippen LogP contribution in [0.25, 0.3) is 10.6 Å². The van der Waals surface area contributed by atoms with Crippen LogP contribution in [-0.2, 0) is 14.4 Å². The number of nitrogens with zero attached hydrogens (tertiary/aromatic N) is 2. The molecule has 0 bridgehead atoms. The molecule has 10 nitrogen and oxygen atoms in total. The second-order valence-corrected chi connectivity index (χ2v) is 11.7. The van der Waals surface area contributed by atoms with Crippen LogP contribution in [0.2, 0.25) is 0 Å². The lowest BCUT2D eigenvalue weighted by atomic mass is 10.2. The lowest BCUT2D eigenvalue weighted by Gasteiger charge is -2.23. The average molecular weight is 530 g/mol. The summed E-state index contributed by atoms with van der Waals surface area (Å²) in [5, 5.41) is 9.07. The van der Waals surface area contributed by atoms with Crippen molar-refractivity contribution >= 4 is 28.8 Å². The Morgan fingerprint density at radius 2 is 1.97 bits per heavy atom. The smallest absolute Gasteiger partial charge is 0.189 e. The molecule has 0 saturated heterocycles. The molecular weight excluding hydrogens is 508 g/mol. The van der Waals surface area contributed by atoms with Gasteiger partial charge >= 0.3 is 0 Å². The second-order valence-electron chi connectivity index (χ2n) is 6.52. The summed E-state index contributed by atoms with van der Waals surface area (Å²) >= 11 is 0.855. The van der Waals surface area contributed by atoms with Crippen LogP contribution in [0.1, 0.15) is 5.56 Å². The Labute approximate surface area is 199 Å². The van der Waals surface area contributed by atoms with Gasteiger partial charge in [-0.15, -0.1) is 11.3 Å². The third-order valence-electron chi connectivity index (χ3n) is 4.36. The minimum absolute atomic E-state index is 0. The van der Waals surface area contributed by atoms with E-state index in [1.54, 1.807) is 24.3 Å². The number of rotatable bonds is 9. The van der Waals surface area contributed by atoms with Crippen molar-refractivity contribution < 1.29 is 36.3 Å². The molecule has 4 N–H and O–H groups in total. The molecule has 0 amide bonds. The Kier molecular flexibility index (Phi) is 8.77. The fourth-order valence-corrected chi connectivity index (χ4v) is 7.23. The summed E-state index contributed by atoms with van der Waals surface area (Å²) in [4.78, 5) is 16.4. The average Bonchev–Trinajstić information content (AvgIpc) is 3.28. The van der Waals surface area contributed by atoms with Crippen molar-refractivity contribution in [2.75, 3.05) is 26.1 Å². The highest BCUT2D eigenvalue weighted by Crippen LogP contribution is 2.42. The molecule has 0 fully saturated rings. The van der Waals surface area contributed by atoms with Gasteiger partial charge in [-0.3, -0.25) is 4.57 Å². The first-order valence-corrected chi connectivity index (χ1v) is 13.4. The Hall–Kier alpha value is -3.01. The first-order valence-electron chi connectivity index (χ1n) is 9.19. The minimum Gasteiger partial charge on any atom is -0.769 e. The van der Waals surface area contributed by atoms with Crippen LogP contribution in [0.4, 0.5) is 4.39 Å². The van der Waals surface area contributed by atoms with Crippen molar-refractivity contribution in [3.05, 3.63) is 54.0 Å². The highest BCUT2D eigenvalue weighted by Gasteiger charge is 2.24. The molecule has 1 aromatic heterocycles. The maximum Gasteiger partial charge on any atom is 0.189 e. The fourth-order valence-electron chi connectivity index (χ4n) is 2.77. The molecule has 0 saturated carbocycles. The Bertz CT molecular complexity index is 1370. The topological polar surface area (TPSA) is 175 Å². The van der Waals surface area contributed by atoms with Gasteiger partial charge < -0.3 is 25.0 Å². The molecule has 3 aromatic rings.